The summed E-state index contributed by atoms with van der Waals surface area (Å²) < 4.78 is 34.0. The normalized spacial score (nSPS) is 12.0. The Kier molecular flexibility index (Phi) is 7.94. The highest BCUT2D eigenvalue weighted by molar-refractivity contribution is 7.92. The molecule has 0 aliphatic carbocycles. The molecule has 0 aromatic heterocycles. The van der Waals surface area contributed by atoms with Gasteiger partial charge in [-0.05, 0) is 60.9 Å². The minimum atomic E-state index is -4.05. The van der Waals surface area contributed by atoms with E-state index in [9.17, 15) is 13.2 Å². The van der Waals surface area contributed by atoms with Gasteiger partial charge in [0.1, 0.15) is 12.3 Å². The molecule has 0 heterocycles. The third-order valence-electron chi connectivity index (χ3n) is 6.13. The van der Waals surface area contributed by atoms with Crippen molar-refractivity contribution in [2.45, 2.75) is 24.8 Å². The predicted octanol–water partition coefficient (Wildman–Crippen LogP) is 5.41. The van der Waals surface area contributed by atoms with E-state index in [1.54, 1.807) is 49.4 Å². The van der Waals surface area contributed by atoms with E-state index in [1.807, 2.05) is 61.5 Å². The summed E-state index contributed by atoms with van der Waals surface area (Å²) in [6.07, 6.45) is 0. The average molecular weight is 515 g/mol. The van der Waals surface area contributed by atoms with Crippen molar-refractivity contribution in [2.24, 2.45) is 0 Å². The number of methoxy groups -OCH3 is 1. The molecule has 0 aliphatic heterocycles. The smallest absolute Gasteiger partial charge is 0.264 e. The molecular weight excluding hydrogens is 484 g/mol. The Bertz CT molecular complexity index is 1450. The van der Waals surface area contributed by atoms with Crippen molar-refractivity contribution in [1.82, 2.24) is 5.32 Å². The van der Waals surface area contributed by atoms with Gasteiger partial charge in [-0.3, -0.25) is 9.10 Å². The number of anilines is 1. The highest BCUT2D eigenvalue weighted by Crippen LogP contribution is 2.28. The van der Waals surface area contributed by atoms with E-state index in [0.29, 0.717) is 17.0 Å². The highest BCUT2D eigenvalue weighted by Gasteiger charge is 2.29. The van der Waals surface area contributed by atoms with E-state index in [-0.39, 0.29) is 11.4 Å². The maximum atomic E-state index is 13.8. The molecule has 7 heteroatoms. The van der Waals surface area contributed by atoms with Gasteiger partial charge in [0.2, 0.25) is 5.91 Å². The van der Waals surface area contributed by atoms with Gasteiger partial charge in [-0.15, -0.1) is 0 Å². The summed E-state index contributed by atoms with van der Waals surface area (Å²) >= 11 is 0. The Morgan fingerprint density at radius 1 is 0.838 bits per heavy atom. The number of carbonyl (C=O) groups excluding carboxylic acids is 1. The van der Waals surface area contributed by atoms with Crippen molar-refractivity contribution >= 4 is 21.6 Å². The van der Waals surface area contributed by atoms with E-state index >= 15 is 0 Å². The lowest BCUT2D eigenvalue weighted by molar-refractivity contribution is -0.120. The summed E-state index contributed by atoms with van der Waals surface area (Å²) in [6.45, 7) is 3.40. The molecule has 1 atom stereocenters. The molecule has 4 aromatic rings. The van der Waals surface area contributed by atoms with Crippen molar-refractivity contribution in [3.63, 3.8) is 0 Å². The van der Waals surface area contributed by atoms with Crippen molar-refractivity contribution in [3.8, 4) is 5.75 Å². The van der Waals surface area contributed by atoms with Crippen LogP contribution in [-0.4, -0.2) is 28.0 Å². The first-order valence-corrected chi connectivity index (χ1v) is 13.4. The second-order valence-corrected chi connectivity index (χ2v) is 10.7. The van der Waals surface area contributed by atoms with E-state index in [1.165, 1.54) is 13.2 Å². The first-order chi connectivity index (χ1) is 17.8. The monoisotopic (exact) mass is 514 g/mol. The Morgan fingerprint density at radius 3 is 2.03 bits per heavy atom. The van der Waals surface area contributed by atoms with Gasteiger partial charge in [-0.1, -0.05) is 78.4 Å². The van der Waals surface area contributed by atoms with Crippen LogP contribution >= 0.6 is 0 Å². The summed E-state index contributed by atoms with van der Waals surface area (Å²) in [5, 5.41) is 3.06. The second-order valence-electron chi connectivity index (χ2n) is 8.80. The molecule has 4 rings (SSSR count). The summed E-state index contributed by atoms with van der Waals surface area (Å²) in [4.78, 5) is 13.5. The van der Waals surface area contributed by atoms with Crippen LogP contribution in [0.2, 0.25) is 0 Å². The number of aryl methyl sites for hydroxylation is 2. The van der Waals surface area contributed by atoms with E-state index in [0.717, 1.165) is 21.0 Å². The molecule has 37 heavy (non-hydrogen) atoms. The van der Waals surface area contributed by atoms with Crippen LogP contribution in [-0.2, 0) is 14.8 Å². The lowest BCUT2D eigenvalue weighted by atomic mass is 9.98. The molecule has 0 saturated heterocycles. The molecule has 0 radical (unpaired) electrons. The molecule has 0 spiro atoms. The summed E-state index contributed by atoms with van der Waals surface area (Å²) in [5.41, 5.74) is 4.00. The number of hydrogen-bond acceptors (Lipinski definition) is 4. The van der Waals surface area contributed by atoms with Crippen molar-refractivity contribution in [1.29, 1.82) is 0 Å². The number of carbonyl (C=O) groups is 1. The van der Waals surface area contributed by atoms with E-state index in [2.05, 4.69) is 5.32 Å². The molecular formula is C30H30N2O4S. The zero-order valence-electron chi connectivity index (χ0n) is 21.1. The molecule has 6 nitrogen and oxygen atoms in total. The number of nitrogens with one attached hydrogen (secondary N) is 1. The number of hydrogen-bond donors (Lipinski definition) is 1. The third-order valence-corrected chi connectivity index (χ3v) is 7.90. The van der Waals surface area contributed by atoms with Crippen molar-refractivity contribution in [3.05, 3.63) is 125 Å². The maximum Gasteiger partial charge on any atom is 0.264 e. The molecule has 0 aliphatic rings. The largest absolute Gasteiger partial charge is 0.496 e. The molecule has 0 bridgehead atoms. The van der Waals surface area contributed by atoms with Crippen LogP contribution in [0.1, 0.15) is 28.3 Å². The predicted molar refractivity (Wildman–Crippen MR) is 146 cm³/mol. The van der Waals surface area contributed by atoms with E-state index in [4.69, 9.17) is 4.74 Å². The quantitative estimate of drug-likeness (QED) is 0.324. The number of ether oxygens (including phenoxy) is 1. The fraction of sp³-hybridized carbons (Fsp3) is 0.167. The number of sulfonamides is 1. The van der Waals surface area contributed by atoms with Crippen LogP contribution in [0, 0.1) is 13.8 Å². The van der Waals surface area contributed by atoms with Gasteiger partial charge in [0.15, 0.2) is 0 Å². The van der Waals surface area contributed by atoms with Gasteiger partial charge < -0.3 is 10.1 Å². The third kappa shape index (κ3) is 6.01. The summed E-state index contributed by atoms with van der Waals surface area (Å²) in [6, 6.07) is 30.4. The van der Waals surface area contributed by atoms with Crippen molar-refractivity contribution < 1.29 is 17.9 Å². The highest BCUT2D eigenvalue weighted by atomic mass is 32.2. The number of rotatable bonds is 9. The minimum Gasteiger partial charge on any atom is -0.496 e. The Balaban J connectivity index is 1.68. The summed E-state index contributed by atoms with van der Waals surface area (Å²) in [5.74, 6) is 0.166. The van der Waals surface area contributed by atoms with Crippen LogP contribution < -0.4 is 14.4 Å². The Morgan fingerprint density at radius 2 is 1.43 bits per heavy atom. The average Bonchev–Trinajstić information content (AvgIpc) is 2.92. The van der Waals surface area contributed by atoms with Crippen LogP contribution in [0.3, 0.4) is 0 Å². The maximum absolute atomic E-state index is 13.8. The van der Waals surface area contributed by atoms with Gasteiger partial charge in [0, 0.05) is 0 Å². The van der Waals surface area contributed by atoms with Gasteiger partial charge in [-0.25, -0.2) is 8.42 Å². The van der Waals surface area contributed by atoms with Crippen LogP contribution in [0.25, 0.3) is 0 Å². The number of para-hydroxylation sites is 1. The number of nitrogens with zero attached hydrogens (tertiary/aromatic N) is 1. The second kappa shape index (κ2) is 11.3. The lowest BCUT2D eigenvalue weighted by Gasteiger charge is -2.26. The van der Waals surface area contributed by atoms with Gasteiger partial charge in [0.05, 0.1) is 23.7 Å². The SMILES string of the molecule is COc1ccc(S(=O)(=O)N(CC(=O)NC(c2ccccc2)c2ccc(C)cc2)c2ccccc2)cc1C. The zero-order chi connectivity index (χ0) is 26.4. The first kappa shape index (κ1) is 26.0. The zero-order valence-corrected chi connectivity index (χ0v) is 21.9. The Labute approximate surface area is 218 Å². The van der Waals surface area contributed by atoms with Gasteiger partial charge in [-0.2, -0.15) is 0 Å². The van der Waals surface area contributed by atoms with Gasteiger partial charge >= 0.3 is 0 Å². The van der Waals surface area contributed by atoms with Crippen LogP contribution in [0.4, 0.5) is 5.69 Å². The van der Waals surface area contributed by atoms with Crippen molar-refractivity contribution in [2.75, 3.05) is 18.0 Å². The van der Waals surface area contributed by atoms with Gasteiger partial charge in [0.25, 0.3) is 10.0 Å². The number of amides is 1. The Hall–Kier alpha value is -4.10. The summed E-state index contributed by atoms with van der Waals surface area (Å²) in [7, 11) is -2.51. The fourth-order valence-corrected chi connectivity index (χ4v) is 5.66. The first-order valence-electron chi connectivity index (χ1n) is 11.9. The number of benzene rings is 4. The minimum absolute atomic E-state index is 0.0839. The standard InChI is InChI=1S/C30H30N2O4S/c1-22-14-16-25(17-15-22)30(24-10-6-4-7-11-24)31-29(33)21-32(26-12-8-5-9-13-26)37(34,35)27-18-19-28(36-3)23(2)20-27/h4-20,30H,21H2,1-3H3,(H,31,33). The molecule has 4 aromatic carbocycles. The molecule has 1 amide bonds. The van der Waals surface area contributed by atoms with E-state index < -0.39 is 22.0 Å². The molecule has 1 unspecified atom stereocenters. The van der Waals surface area contributed by atoms with Crippen LogP contribution in [0.5, 0.6) is 5.75 Å². The molecule has 0 fully saturated rings. The molecule has 1 N–H and O–H groups in total. The molecule has 0 saturated carbocycles. The molecule has 190 valence electrons. The van der Waals surface area contributed by atoms with Crippen LogP contribution in [0.15, 0.2) is 108 Å². The fourth-order valence-electron chi connectivity index (χ4n) is 4.15. The topological polar surface area (TPSA) is 75.7 Å². The lowest BCUT2D eigenvalue weighted by Crippen LogP contribution is -2.42.